The molecule has 4 nitrogen and oxygen atoms in total. The van der Waals surface area contributed by atoms with E-state index in [9.17, 15) is 4.79 Å². The van der Waals surface area contributed by atoms with Crippen LogP contribution in [0.4, 0.5) is 0 Å². The molecular weight excluding hydrogens is 432 g/mol. The summed E-state index contributed by atoms with van der Waals surface area (Å²) in [7, 11) is 1.59. The molecule has 0 aliphatic rings. The van der Waals surface area contributed by atoms with E-state index in [2.05, 4.69) is 77.5 Å². The van der Waals surface area contributed by atoms with Crippen molar-refractivity contribution < 1.29 is 9.53 Å². The van der Waals surface area contributed by atoms with Crippen molar-refractivity contribution >= 4 is 27.7 Å². The number of hydrogen-bond donors (Lipinski definition) is 0. The van der Waals surface area contributed by atoms with Gasteiger partial charge in [-0.3, -0.25) is 9.36 Å². The Kier molecular flexibility index (Phi) is 5.19. The number of nitrogens with zero attached hydrogens (tertiary/aromatic N) is 2. The zero-order valence-corrected chi connectivity index (χ0v) is 19.4. The number of benzene rings is 4. The van der Waals surface area contributed by atoms with E-state index < -0.39 is 0 Å². The summed E-state index contributed by atoms with van der Waals surface area (Å²) in [5, 5.41) is 2.23. The lowest BCUT2D eigenvalue weighted by Crippen LogP contribution is -2.12. The predicted molar refractivity (Wildman–Crippen MR) is 141 cm³/mol. The average molecular weight is 457 g/mol. The molecule has 6 aromatic rings. The lowest BCUT2D eigenvalue weighted by Gasteiger charge is -2.10. The summed E-state index contributed by atoms with van der Waals surface area (Å²) in [5.41, 5.74) is 6.05. The first-order chi connectivity index (χ1) is 17.2. The third kappa shape index (κ3) is 3.79. The van der Waals surface area contributed by atoms with Gasteiger partial charge in [0.25, 0.3) is 5.91 Å². The van der Waals surface area contributed by atoms with E-state index in [4.69, 9.17) is 4.74 Å². The molecule has 0 saturated carbocycles. The molecule has 0 N–H and O–H groups in total. The van der Waals surface area contributed by atoms with E-state index in [1.54, 1.807) is 17.7 Å². The van der Waals surface area contributed by atoms with Crippen LogP contribution in [-0.4, -0.2) is 22.2 Å². The molecule has 170 valence electrons. The van der Waals surface area contributed by atoms with E-state index in [-0.39, 0.29) is 5.91 Å². The van der Waals surface area contributed by atoms with Crippen LogP contribution in [0.2, 0.25) is 0 Å². The van der Waals surface area contributed by atoms with Gasteiger partial charge in [-0.1, -0.05) is 66.7 Å². The molecule has 0 amide bonds. The highest BCUT2D eigenvalue weighted by molar-refractivity contribution is 6.04. The number of carbonyl (C=O) groups excluding carboxylic acids is 1. The van der Waals surface area contributed by atoms with Gasteiger partial charge in [0.15, 0.2) is 0 Å². The summed E-state index contributed by atoms with van der Waals surface area (Å²) in [6.07, 6.45) is 3.97. The standard InChI is InChI=1S/C31H24N2O2/c1-35-30-10-6-5-9-27(30)31(34)33-18-16-24-12-14-26(20-29(24)33)25-13-11-23-15-17-32(28(23)19-25)21-22-7-3-2-4-8-22/h2-20H,21H2,1H3. The maximum absolute atomic E-state index is 13.4. The fourth-order valence-electron chi connectivity index (χ4n) is 4.72. The monoisotopic (exact) mass is 456 g/mol. The number of aromatic nitrogens is 2. The van der Waals surface area contributed by atoms with Crippen LogP contribution in [0.25, 0.3) is 32.9 Å². The molecule has 4 heteroatoms. The van der Waals surface area contributed by atoms with Crippen molar-refractivity contribution in [2.75, 3.05) is 7.11 Å². The zero-order chi connectivity index (χ0) is 23.8. The molecule has 0 radical (unpaired) electrons. The van der Waals surface area contributed by atoms with Crippen molar-refractivity contribution in [2.24, 2.45) is 0 Å². The van der Waals surface area contributed by atoms with Crippen LogP contribution in [0.3, 0.4) is 0 Å². The number of hydrogen-bond acceptors (Lipinski definition) is 2. The number of fused-ring (bicyclic) bond motifs is 2. The second-order valence-corrected chi connectivity index (χ2v) is 8.67. The summed E-state index contributed by atoms with van der Waals surface area (Å²) in [6, 6.07) is 34.8. The maximum atomic E-state index is 13.4. The highest BCUT2D eigenvalue weighted by atomic mass is 16.5. The third-order valence-corrected chi connectivity index (χ3v) is 6.55. The molecule has 0 aliphatic carbocycles. The lowest BCUT2D eigenvalue weighted by molar-refractivity contribution is 0.0962. The van der Waals surface area contributed by atoms with Gasteiger partial charge in [-0.25, -0.2) is 0 Å². The van der Waals surface area contributed by atoms with Crippen molar-refractivity contribution in [2.45, 2.75) is 6.54 Å². The van der Waals surface area contributed by atoms with Crippen LogP contribution in [0, 0.1) is 0 Å². The van der Waals surface area contributed by atoms with Gasteiger partial charge in [0.2, 0.25) is 0 Å². The van der Waals surface area contributed by atoms with Gasteiger partial charge in [0.1, 0.15) is 5.75 Å². The molecule has 6 rings (SSSR count). The van der Waals surface area contributed by atoms with Gasteiger partial charge in [-0.05, 0) is 58.5 Å². The first-order valence-corrected chi connectivity index (χ1v) is 11.6. The van der Waals surface area contributed by atoms with Crippen LogP contribution in [0.1, 0.15) is 15.9 Å². The van der Waals surface area contributed by atoms with E-state index in [1.165, 1.54) is 16.5 Å². The molecule has 2 aromatic heterocycles. The Hall–Kier alpha value is -4.57. The number of methoxy groups -OCH3 is 1. The zero-order valence-electron chi connectivity index (χ0n) is 19.4. The molecule has 2 heterocycles. The predicted octanol–water partition coefficient (Wildman–Crippen LogP) is 7.01. The Morgan fingerprint density at radius 3 is 2.14 bits per heavy atom. The van der Waals surface area contributed by atoms with E-state index in [1.807, 2.05) is 36.5 Å². The highest BCUT2D eigenvalue weighted by Crippen LogP contribution is 2.30. The fraction of sp³-hybridized carbons (Fsp3) is 0.0645. The molecule has 0 spiro atoms. The largest absolute Gasteiger partial charge is 0.496 e. The molecule has 0 fully saturated rings. The van der Waals surface area contributed by atoms with Crippen LogP contribution < -0.4 is 4.74 Å². The Labute approximate surface area is 203 Å². The van der Waals surface area contributed by atoms with Gasteiger partial charge in [-0.2, -0.15) is 0 Å². The maximum Gasteiger partial charge on any atom is 0.266 e. The van der Waals surface area contributed by atoms with Gasteiger partial charge in [0, 0.05) is 29.8 Å². The van der Waals surface area contributed by atoms with E-state index >= 15 is 0 Å². The highest BCUT2D eigenvalue weighted by Gasteiger charge is 2.16. The van der Waals surface area contributed by atoms with E-state index in [0.717, 1.165) is 28.6 Å². The molecular formula is C31H24N2O2. The van der Waals surface area contributed by atoms with E-state index in [0.29, 0.717) is 11.3 Å². The number of para-hydroxylation sites is 1. The lowest BCUT2D eigenvalue weighted by atomic mass is 10.0. The molecule has 0 saturated heterocycles. The van der Waals surface area contributed by atoms with Gasteiger partial charge in [-0.15, -0.1) is 0 Å². The molecule has 0 unspecified atom stereocenters. The summed E-state index contributed by atoms with van der Waals surface area (Å²) in [5.74, 6) is 0.460. The Bertz CT molecular complexity index is 1680. The Morgan fingerprint density at radius 2 is 1.37 bits per heavy atom. The smallest absolute Gasteiger partial charge is 0.266 e. The van der Waals surface area contributed by atoms with Gasteiger partial charge >= 0.3 is 0 Å². The SMILES string of the molecule is COc1ccccc1C(=O)n1ccc2ccc(-c3ccc4ccn(Cc5ccccc5)c4c3)cc21. The van der Waals surface area contributed by atoms with Crippen molar-refractivity contribution in [3.05, 3.63) is 127 Å². The summed E-state index contributed by atoms with van der Waals surface area (Å²) in [6.45, 7) is 0.823. The first-order valence-electron chi connectivity index (χ1n) is 11.6. The average Bonchev–Trinajstić information content (AvgIpc) is 3.52. The molecule has 4 aromatic carbocycles. The first kappa shape index (κ1) is 21.0. The second kappa shape index (κ2) is 8.65. The van der Waals surface area contributed by atoms with Crippen molar-refractivity contribution in [3.63, 3.8) is 0 Å². The molecule has 0 bridgehead atoms. The quantitative estimate of drug-likeness (QED) is 0.280. The minimum absolute atomic E-state index is 0.109. The Morgan fingerprint density at radius 1 is 0.714 bits per heavy atom. The second-order valence-electron chi connectivity index (χ2n) is 8.67. The van der Waals surface area contributed by atoms with Crippen molar-refractivity contribution in [3.8, 4) is 16.9 Å². The minimum Gasteiger partial charge on any atom is -0.496 e. The normalized spacial score (nSPS) is 11.2. The molecule has 0 aliphatic heterocycles. The Balaban J connectivity index is 1.40. The van der Waals surface area contributed by atoms with Crippen LogP contribution in [0.15, 0.2) is 116 Å². The topological polar surface area (TPSA) is 36.2 Å². The molecule has 0 atom stereocenters. The summed E-state index contributed by atoms with van der Waals surface area (Å²) in [4.78, 5) is 13.4. The minimum atomic E-state index is -0.109. The number of ether oxygens (including phenoxy) is 1. The number of rotatable bonds is 5. The van der Waals surface area contributed by atoms with Crippen molar-refractivity contribution in [1.29, 1.82) is 0 Å². The van der Waals surface area contributed by atoms with Gasteiger partial charge in [0.05, 0.1) is 18.2 Å². The van der Waals surface area contributed by atoms with Crippen molar-refractivity contribution in [1.82, 2.24) is 9.13 Å². The van der Waals surface area contributed by atoms with Crippen LogP contribution in [-0.2, 0) is 6.54 Å². The van der Waals surface area contributed by atoms with Crippen LogP contribution >= 0.6 is 0 Å². The summed E-state index contributed by atoms with van der Waals surface area (Å²) >= 11 is 0. The fourth-order valence-corrected chi connectivity index (χ4v) is 4.72. The third-order valence-electron chi connectivity index (χ3n) is 6.55. The van der Waals surface area contributed by atoms with Crippen LogP contribution in [0.5, 0.6) is 5.75 Å². The molecule has 35 heavy (non-hydrogen) atoms. The van der Waals surface area contributed by atoms with Gasteiger partial charge < -0.3 is 9.30 Å². The summed E-state index contributed by atoms with van der Waals surface area (Å²) < 4.78 is 9.40. The number of carbonyl (C=O) groups is 1.